The Bertz CT molecular complexity index is 411. The monoisotopic (exact) mass is 456 g/mol. The molecule has 0 saturated heterocycles. The number of esters is 2. The summed E-state index contributed by atoms with van der Waals surface area (Å²) in [7, 11) is 0. The summed E-state index contributed by atoms with van der Waals surface area (Å²) in [5, 5.41) is 0. The van der Waals surface area contributed by atoms with Crippen LogP contribution in [0, 0.1) is 0 Å². The van der Waals surface area contributed by atoms with Crippen molar-refractivity contribution >= 4 is 11.9 Å². The molecule has 32 heavy (non-hydrogen) atoms. The van der Waals surface area contributed by atoms with Crippen LogP contribution in [0.4, 0.5) is 0 Å². The highest BCUT2D eigenvalue weighted by molar-refractivity contribution is 5.69. The molecule has 0 aromatic carbocycles. The second-order valence-corrected chi connectivity index (χ2v) is 8.79. The fraction of sp³-hybridized carbons (Fsp3) is 0.926. The van der Waals surface area contributed by atoms with Crippen LogP contribution in [0.25, 0.3) is 0 Å². The van der Waals surface area contributed by atoms with E-state index in [2.05, 4.69) is 6.92 Å². The topological polar surface area (TPSA) is 61.8 Å². The largest absolute Gasteiger partial charge is 0.466 e. The minimum atomic E-state index is -0.134. The highest BCUT2D eigenvalue weighted by Gasteiger charge is 2.04. The Morgan fingerprint density at radius 1 is 0.469 bits per heavy atom. The molecule has 0 heterocycles. The summed E-state index contributed by atoms with van der Waals surface area (Å²) in [6, 6.07) is 0. The lowest BCUT2D eigenvalue weighted by Crippen LogP contribution is -2.10. The van der Waals surface area contributed by atoms with E-state index >= 15 is 0 Å². The van der Waals surface area contributed by atoms with Gasteiger partial charge in [-0.15, -0.1) is 0 Å². The van der Waals surface area contributed by atoms with Gasteiger partial charge in [0.25, 0.3) is 0 Å². The highest BCUT2D eigenvalue weighted by atomic mass is 16.6. The van der Waals surface area contributed by atoms with Crippen molar-refractivity contribution in [2.75, 3.05) is 26.4 Å². The third kappa shape index (κ3) is 25.2. The minimum absolute atomic E-state index is 0.0492. The standard InChI is InChI=1S/C27H52O5/c1-3-5-6-7-8-9-10-11-14-17-20-23-31-26(28)21-18-15-12-13-16-19-22-27(29)32-25-24-30-4-2/h3-25H2,1-2H3. The van der Waals surface area contributed by atoms with Crippen LogP contribution in [0.5, 0.6) is 0 Å². The van der Waals surface area contributed by atoms with Crippen molar-refractivity contribution in [1.82, 2.24) is 0 Å². The van der Waals surface area contributed by atoms with Gasteiger partial charge in [0.05, 0.1) is 13.2 Å². The highest BCUT2D eigenvalue weighted by Crippen LogP contribution is 2.12. The van der Waals surface area contributed by atoms with E-state index in [0.29, 0.717) is 39.3 Å². The maximum atomic E-state index is 11.8. The lowest BCUT2D eigenvalue weighted by atomic mass is 10.1. The van der Waals surface area contributed by atoms with Crippen LogP contribution in [0.2, 0.25) is 0 Å². The molecule has 0 fully saturated rings. The van der Waals surface area contributed by atoms with Gasteiger partial charge in [-0.3, -0.25) is 9.59 Å². The average molecular weight is 457 g/mol. The molecule has 0 saturated carbocycles. The Morgan fingerprint density at radius 3 is 1.34 bits per heavy atom. The molecule has 0 N–H and O–H groups in total. The SMILES string of the molecule is CCCCCCCCCCCCCOC(=O)CCCCCCCCC(=O)OCCOCC. The first-order chi connectivity index (χ1) is 15.7. The van der Waals surface area contributed by atoms with Crippen LogP contribution in [-0.2, 0) is 23.8 Å². The summed E-state index contributed by atoms with van der Waals surface area (Å²) in [5.74, 6) is -0.183. The first kappa shape index (κ1) is 30.9. The zero-order valence-corrected chi connectivity index (χ0v) is 21.3. The summed E-state index contributed by atoms with van der Waals surface area (Å²) in [6.07, 6.45) is 21.4. The molecule has 0 aliphatic carbocycles. The molecule has 0 rings (SSSR count). The number of carbonyl (C=O) groups excluding carboxylic acids is 2. The third-order valence-electron chi connectivity index (χ3n) is 5.72. The molecule has 0 aromatic rings. The molecule has 0 atom stereocenters. The van der Waals surface area contributed by atoms with Crippen LogP contribution < -0.4 is 0 Å². The lowest BCUT2D eigenvalue weighted by molar-refractivity contribution is -0.145. The third-order valence-corrected chi connectivity index (χ3v) is 5.72. The molecule has 0 aliphatic heterocycles. The molecule has 0 aliphatic rings. The van der Waals surface area contributed by atoms with Gasteiger partial charge in [0.15, 0.2) is 0 Å². The van der Waals surface area contributed by atoms with Gasteiger partial charge >= 0.3 is 11.9 Å². The number of unbranched alkanes of at least 4 members (excludes halogenated alkanes) is 15. The second-order valence-electron chi connectivity index (χ2n) is 8.79. The van der Waals surface area contributed by atoms with Crippen LogP contribution in [0.3, 0.4) is 0 Å². The van der Waals surface area contributed by atoms with Crippen LogP contribution in [0.1, 0.15) is 136 Å². The van der Waals surface area contributed by atoms with Crippen LogP contribution >= 0.6 is 0 Å². The summed E-state index contributed by atoms with van der Waals surface area (Å²) in [6.45, 7) is 6.24. The van der Waals surface area contributed by atoms with Gasteiger partial charge < -0.3 is 14.2 Å². The summed E-state index contributed by atoms with van der Waals surface area (Å²) >= 11 is 0. The molecule has 5 heteroatoms. The van der Waals surface area contributed by atoms with E-state index in [9.17, 15) is 9.59 Å². The fourth-order valence-corrected chi connectivity index (χ4v) is 3.70. The van der Waals surface area contributed by atoms with Gasteiger partial charge in [0.1, 0.15) is 6.61 Å². The summed E-state index contributed by atoms with van der Waals surface area (Å²) < 4.78 is 15.6. The van der Waals surface area contributed by atoms with E-state index in [1.54, 1.807) is 0 Å². The van der Waals surface area contributed by atoms with Crippen molar-refractivity contribution in [2.24, 2.45) is 0 Å². The van der Waals surface area contributed by atoms with E-state index < -0.39 is 0 Å². The van der Waals surface area contributed by atoms with E-state index in [4.69, 9.17) is 14.2 Å². The molecule has 0 bridgehead atoms. The van der Waals surface area contributed by atoms with E-state index in [1.165, 1.54) is 64.2 Å². The first-order valence-electron chi connectivity index (χ1n) is 13.6. The van der Waals surface area contributed by atoms with Crippen molar-refractivity contribution in [3.8, 4) is 0 Å². The number of carbonyl (C=O) groups is 2. The predicted octanol–water partition coefficient (Wildman–Crippen LogP) is 7.54. The zero-order valence-electron chi connectivity index (χ0n) is 21.3. The fourth-order valence-electron chi connectivity index (χ4n) is 3.70. The summed E-state index contributed by atoms with van der Waals surface area (Å²) in [4.78, 5) is 23.3. The molecular weight excluding hydrogens is 404 g/mol. The number of rotatable bonds is 25. The van der Waals surface area contributed by atoms with E-state index in [0.717, 1.165) is 44.9 Å². The van der Waals surface area contributed by atoms with Crippen molar-refractivity contribution < 1.29 is 23.8 Å². The Balaban J connectivity index is 3.23. The average Bonchev–Trinajstić information content (AvgIpc) is 2.79. The molecule has 0 unspecified atom stereocenters. The van der Waals surface area contributed by atoms with Gasteiger partial charge in [-0.25, -0.2) is 0 Å². The Kier molecular flexibility index (Phi) is 25.3. The maximum absolute atomic E-state index is 11.8. The molecule has 0 spiro atoms. The Hall–Kier alpha value is -1.10. The van der Waals surface area contributed by atoms with Crippen LogP contribution in [-0.4, -0.2) is 38.4 Å². The number of hydrogen-bond donors (Lipinski definition) is 0. The predicted molar refractivity (Wildman–Crippen MR) is 132 cm³/mol. The quantitative estimate of drug-likeness (QED) is 0.105. The smallest absolute Gasteiger partial charge is 0.305 e. The number of ether oxygens (including phenoxy) is 3. The maximum Gasteiger partial charge on any atom is 0.305 e. The van der Waals surface area contributed by atoms with Crippen molar-refractivity contribution in [3.05, 3.63) is 0 Å². The lowest BCUT2D eigenvalue weighted by Gasteiger charge is -2.06. The van der Waals surface area contributed by atoms with Crippen molar-refractivity contribution in [2.45, 2.75) is 136 Å². The molecule has 190 valence electrons. The summed E-state index contributed by atoms with van der Waals surface area (Å²) in [5.41, 5.74) is 0. The Labute approximate surface area is 198 Å². The van der Waals surface area contributed by atoms with Gasteiger partial charge in [-0.05, 0) is 26.2 Å². The van der Waals surface area contributed by atoms with Crippen molar-refractivity contribution in [3.63, 3.8) is 0 Å². The van der Waals surface area contributed by atoms with Gasteiger partial charge in [0, 0.05) is 19.4 Å². The van der Waals surface area contributed by atoms with Gasteiger partial charge in [-0.1, -0.05) is 96.8 Å². The van der Waals surface area contributed by atoms with Gasteiger partial charge in [0.2, 0.25) is 0 Å². The molecule has 0 aromatic heterocycles. The van der Waals surface area contributed by atoms with E-state index in [1.807, 2.05) is 6.92 Å². The second kappa shape index (κ2) is 26.2. The number of hydrogen-bond acceptors (Lipinski definition) is 5. The molecule has 0 amide bonds. The molecule has 5 nitrogen and oxygen atoms in total. The van der Waals surface area contributed by atoms with Crippen molar-refractivity contribution in [1.29, 1.82) is 0 Å². The minimum Gasteiger partial charge on any atom is -0.466 e. The normalized spacial score (nSPS) is 10.9. The first-order valence-corrected chi connectivity index (χ1v) is 13.6. The van der Waals surface area contributed by atoms with Gasteiger partial charge in [-0.2, -0.15) is 0 Å². The Morgan fingerprint density at radius 2 is 0.875 bits per heavy atom. The van der Waals surface area contributed by atoms with E-state index in [-0.39, 0.29) is 11.9 Å². The molecular formula is C27H52O5. The molecule has 0 radical (unpaired) electrons. The van der Waals surface area contributed by atoms with Crippen LogP contribution in [0.15, 0.2) is 0 Å². The zero-order chi connectivity index (χ0) is 23.5.